The van der Waals surface area contributed by atoms with E-state index < -0.39 is 0 Å². The third-order valence-electron chi connectivity index (χ3n) is 2.54. The molecule has 0 atom stereocenters. The van der Waals surface area contributed by atoms with Crippen molar-refractivity contribution in [2.45, 2.75) is 13.3 Å². The van der Waals surface area contributed by atoms with Gasteiger partial charge in [0.15, 0.2) is 0 Å². The van der Waals surface area contributed by atoms with Crippen LogP contribution in [0.1, 0.15) is 18.1 Å². The Morgan fingerprint density at radius 3 is 2.71 bits per heavy atom. The van der Waals surface area contributed by atoms with Gasteiger partial charge in [-0.2, -0.15) is 5.26 Å². The molecule has 0 radical (unpaired) electrons. The summed E-state index contributed by atoms with van der Waals surface area (Å²) in [4.78, 5) is 0. The molecule has 0 spiro atoms. The van der Waals surface area contributed by atoms with Crippen molar-refractivity contribution < 1.29 is 4.74 Å². The van der Waals surface area contributed by atoms with Gasteiger partial charge in [-0.25, -0.2) is 0 Å². The van der Waals surface area contributed by atoms with Crippen molar-refractivity contribution >= 4 is 0 Å². The Hall–Kier alpha value is -2.27. The van der Waals surface area contributed by atoms with Crippen LogP contribution < -0.4 is 4.74 Å². The van der Waals surface area contributed by atoms with Gasteiger partial charge in [-0.3, -0.25) is 0 Å². The fraction of sp³-hybridized carbons (Fsp3) is 0.133. The van der Waals surface area contributed by atoms with Crippen molar-refractivity contribution in [3.05, 3.63) is 59.7 Å². The molecule has 0 unspecified atom stereocenters. The van der Waals surface area contributed by atoms with E-state index in [9.17, 15) is 0 Å². The lowest BCUT2D eigenvalue weighted by Gasteiger charge is -2.08. The van der Waals surface area contributed by atoms with E-state index in [1.165, 1.54) is 5.56 Å². The Balaban J connectivity index is 2.28. The molecule has 0 saturated carbocycles. The van der Waals surface area contributed by atoms with E-state index in [0.29, 0.717) is 11.3 Å². The number of ether oxygens (including phenoxy) is 1. The molecule has 2 aromatic carbocycles. The minimum Gasteiger partial charge on any atom is -0.456 e. The van der Waals surface area contributed by atoms with Crippen LogP contribution in [-0.4, -0.2) is 0 Å². The molecule has 0 aliphatic heterocycles. The van der Waals surface area contributed by atoms with Gasteiger partial charge in [0.05, 0.1) is 5.56 Å². The summed E-state index contributed by atoms with van der Waals surface area (Å²) in [5.41, 5.74) is 1.77. The molecule has 0 amide bonds. The second kappa shape index (κ2) is 5.18. The van der Waals surface area contributed by atoms with Gasteiger partial charge in [0.2, 0.25) is 0 Å². The molecular formula is C15H13NO. The third-order valence-corrected chi connectivity index (χ3v) is 2.54. The van der Waals surface area contributed by atoms with E-state index in [4.69, 9.17) is 10.00 Å². The number of para-hydroxylation sites is 1. The Morgan fingerprint density at radius 1 is 1.12 bits per heavy atom. The van der Waals surface area contributed by atoms with Crippen LogP contribution in [0.2, 0.25) is 0 Å². The molecule has 84 valence electrons. The summed E-state index contributed by atoms with van der Waals surface area (Å²) in [6.45, 7) is 2.10. The summed E-state index contributed by atoms with van der Waals surface area (Å²) >= 11 is 0. The maximum absolute atomic E-state index is 8.97. The Labute approximate surface area is 101 Å². The topological polar surface area (TPSA) is 33.0 Å². The summed E-state index contributed by atoms with van der Waals surface area (Å²) in [7, 11) is 0. The molecule has 0 aromatic heterocycles. The highest BCUT2D eigenvalue weighted by molar-refractivity contribution is 5.45. The summed E-state index contributed by atoms with van der Waals surface area (Å²) < 4.78 is 5.72. The van der Waals surface area contributed by atoms with Gasteiger partial charge in [-0.05, 0) is 36.2 Å². The Morgan fingerprint density at radius 2 is 1.94 bits per heavy atom. The van der Waals surface area contributed by atoms with Gasteiger partial charge in [-0.15, -0.1) is 0 Å². The van der Waals surface area contributed by atoms with Gasteiger partial charge >= 0.3 is 0 Å². The lowest BCUT2D eigenvalue weighted by atomic mass is 10.1. The number of benzene rings is 2. The van der Waals surface area contributed by atoms with Gasteiger partial charge in [0.1, 0.15) is 17.6 Å². The highest BCUT2D eigenvalue weighted by Gasteiger charge is 2.03. The van der Waals surface area contributed by atoms with E-state index in [-0.39, 0.29) is 0 Å². The van der Waals surface area contributed by atoms with Crippen molar-refractivity contribution in [2.75, 3.05) is 0 Å². The highest BCUT2D eigenvalue weighted by Crippen LogP contribution is 2.25. The van der Waals surface area contributed by atoms with Crippen molar-refractivity contribution in [3.63, 3.8) is 0 Å². The van der Waals surface area contributed by atoms with Gasteiger partial charge in [0.25, 0.3) is 0 Å². The number of nitrogens with zero attached hydrogens (tertiary/aromatic N) is 1. The second-order valence-corrected chi connectivity index (χ2v) is 3.71. The van der Waals surface area contributed by atoms with Crippen LogP contribution in [0.4, 0.5) is 0 Å². The molecule has 0 saturated heterocycles. The predicted octanol–water partition coefficient (Wildman–Crippen LogP) is 3.91. The molecule has 2 rings (SSSR count). The zero-order chi connectivity index (χ0) is 12.1. The molecule has 0 N–H and O–H groups in total. The van der Waals surface area contributed by atoms with Crippen LogP contribution in [0.25, 0.3) is 0 Å². The molecule has 2 nitrogen and oxygen atoms in total. The predicted molar refractivity (Wildman–Crippen MR) is 67.1 cm³/mol. The van der Waals surface area contributed by atoms with E-state index in [1.807, 2.05) is 30.3 Å². The minimum atomic E-state index is 0.550. The first-order valence-electron chi connectivity index (χ1n) is 5.59. The van der Waals surface area contributed by atoms with Crippen LogP contribution in [0.15, 0.2) is 48.5 Å². The molecule has 0 aliphatic rings. The molecule has 0 heterocycles. The average Bonchev–Trinajstić information content (AvgIpc) is 2.39. The van der Waals surface area contributed by atoms with E-state index in [2.05, 4.69) is 19.1 Å². The molecule has 0 aliphatic carbocycles. The van der Waals surface area contributed by atoms with Crippen LogP contribution in [0, 0.1) is 11.3 Å². The molecule has 0 fully saturated rings. The first kappa shape index (κ1) is 11.2. The number of hydrogen-bond donors (Lipinski definition) is 0. The van der Waals surface area contributed by atoms with Crippen LogP contribution in [0.5, 0.6) is 11.5 Å². The van der Waals surface area contributed by atoms with Crippen molar-refractivity contribution in [2.24, 2.45) is 0 Å². The monoisotopic (exact) mass is 223 g/mol. The minimum absolute atomic E-state index is 0.550. The summed E-state index contributed by atoms with van der Waals surface area (Å²) in [6.07, 6.45) is 0.969. The Kier molecular flexibility index (Phi) is 3.42. The third kappa shape index (κ3) is 2.64. The summed E-state index contributed by atoms with van der Waals surface area (Å²) in [6, 6.07) is 17.3. The van der Waals surface area contributed by atoms with Gasteiger partial charge in [-0.1, -0.05) is 31.2 Å². The second-order valence-electron chi connectivity index (χ2n) is 3.71. The smallest absolute Gasteiger partial charge is 0.145 e. The molecule has 2 heteroatoms. The molecular weight excluding hydrogens is 210 g/mol. The normalized spacial score (nSPS) is 9.65. The number of aryl methyl sites for hydroxylation is 1. The summed E-state index contributed by atoms with van der Waals surface area (Å²) in [5, 5.41) is 8.97. The van der Waals surface area contributed by atoms with Crippen LogP contribution in [0.3, 0.4) is 0 Å². The van der Waals surface area contributed by atoms with Crippen molar-refractivity contribution in [1.82, 2.24) is 0 Å². The number of hydrogen-bond acceptors (Lipinski definition) is 2. The number of nitriles is 1. The molecule has 17 heavy (non-hydrogen) atoms. The SMILES string of the molecule is CCc1cccc(Oc2ccccc2C#N)c1. The van der Waals surface area contributed by atoms with E-state index in [0.717, 1.165) is 12.2 Å². The quantitative estimate of drug-likeness (QED) is 0.790. The zero-order valence-electron chi connectivity index (χ0n) is 9.68. The average molecular weight is 223 g/mol. The van der Waals surface area contributed by atoms with Crippen molar-refractivity contribution in [1.29, 1.82) is 5.26 Å². The lowest BCUT2D eigenvalue weighted by molar-refractivity contribution is 0.480. The first-order chi connectivity index (χ1) is 8.33. The molecule has 2 aromatic rings. The fourth-order valence-corrected chi connectivity index (χ4v) is 1.60. The first-order valence-corrected chi connectivity index (χ1v) is 5.59. The largest absolute Gasteiger partial charge is 0.456 e. The maximum Gasteiger partial charge on any atom is 0.145 e. The Bertz CT molecular complexity index is 555. The van der Waals surface area contributed by atoms with Crippen molar-refractivity contribution in [3.8, 4) is 17.6 Å². The van der Waals surface area contributed by atoms with E-state index >= 15 is 0 Å². The fourth-order valence-electron chi connectivity index (χ4n) is 1.60. The standard InChI is InChI=1S/C15H13NO/c1-2-12-6-5-8-14(10-12)17-15-9-4-3-7-13(15)11-16/h3-10H,2H2,1H3. The highest BCUT2D eigenvalue weighted by atomic mass is 16.5. The maximum atomic E-state index is 8.97. The molecule has 0 bridgehead atoms. The van der Waals surface area contributed by atoms with Gasteiger partial charge < -0.3 is 4.74 Å². The number of rotatable bonds is 3. The van der Waals surface area contributed by atoms with Crippen LogP contribution in [-0.2, 0) is 6.42 Å². The van der Waals surface area contributed by atoms with Gasteiger partial charge in [0, 0.05) is 0 Å². The lowest BCUT2D eigenvalue weighted by Crippen LogP contribution is -1.89. The van der Waals surface area contributed by atoms with E-state index in [1.54, 1.807) is 12.1 Å². The summed E-state index contributed by atoms with van der Waals surface area (Å²) in [5.74, 6) is 1.37. The zero-order valence-corrected chi connectivity index (χ0v) is 9.68. The van der Waals surface area contributed by atoms with Crippen LogP contribution >= 0.6 is 0 Å².